The van der Waals surface area contributed by atoms with Gasteiger partial charge in [-0.2, -0.15) is 0 Å². The van der Waals surface area contributed by atoms with E-state index in [2.05, 4.69) is 17.2 Å². The smallest absolute Gasteiger partial charge is 0.447 e. The van der Waals surface area contributed by atoms with Crippen molar-refractivity contribution in [2.24, 2.45) is 10.2 Å². The molecule has 0 aliphatic carbocycles. The Labute approximate surface area is 124 Å². The van der Waals surface area contributed by atoms with Gasteiger partial charge in [0.15, 0.2) is 0 Å². The number of benzene rings is 1. The van der Waals surface area contributed by atoms with Crippen molar-refractivity contribution in [3.8, 4) is 5.75 Å². The van der Waals surface area contributed by atoms with Gasteiger partial charge in [0.25, 0.3) is 0 Å². The minimum Gasteiger partial charge on any atom is -0.447 e. The lowest BCUT2D eigenvalue weighted by Gasteiger charge is -2.03. The van der Waals surface area contributed by atoms with Crippen LogP contribution < -0.4 is 4.74 Å². The van der Waals surface area contributed by atoms with Crippen molar-refractivity contribution < 1.29 is 19.1 Å². The Balaban J connectivity index is 2.30. The lowest BCUT2D eigenvalue weighted by molar-refractivity contribution is 0.152. The molecule has 1 aromatic carbocycles. The summed E-state index contributed by atoms with van der Waals surface area (Å²) in [6.45, 7) is 4.18. The summed E-state index contributed by atoms with van der Waals surface area (Å²) >= 11 is 0. The number of hydrogen-bond acceptors (Lipinski definition) is 4. The molecule has 0 spiro atoms. The van der Waals surface area contributed by atoms with Crippen molar-refractivity contribution in [2.75, 3.05) is 6.61 Å². The lowest BCUT2D eigenvalue weighted by Crippen LogP contribution is -2.05. The SMILES string of the molecule is CCCCCCOC(=O)/N=N/C(=O)Oc1ccccc1C. The molecule has 6 heteroatoms. The standard InChI is InChI=1S/C15H20N2O4/c1-3-4-5-8-11-20-14(18)16-17-15(19)21-13-10-7-6-9-12(13)2/h6-7,9-10H,3-5,8,11H2,1-2H3/b17-16+. The maximum absolute atomic E-state index is 11.4. The van der Waals surface area contributed by atoms with E-state index in [4.69, 9.17) is 9.47 Å². The molecule has 21 heavy (non-hydrogen) atoms. The quantitative estimate of drug-likeness (QED) is 0.564. The fraction of sp³-hybridized carbons (Fsp3) is 0.467. The van der Waals surface area contributed by atoms with Crippen LogP contribution in [0.15, 0.2) is 34.5 Å². The number of hydrogen-bond donors (Lipinski definition) is 0. The van der Waals surface area contributed by atoms with Crippen LogP contribution in [0.2, 0.25) is 0 Å². The molecule has 2 amide bonds. The van der Waals surface area contributed by atoms with Crippen LogP contribution >= 0.6 is 0 Å². The number of carbonyl (C=O) groups excluding carboxylic acids is 2. The number of azo groups is 1. The van der Waals surface area contributed by atoms with Crippen LogP contribution in [0.5, 0.6) is 5.75 Å². The van der Waals surface area contributed by atoms with Crippen molar-refractivity contribution >= 4 is 12.2 Å². The van der Waals surface area contributed by atoms with Crippen LogP contribution in [0.4, 0.5) is 9.59 Å². The zero-order valence-electron chi connectivity index (χ0n) is 12.4. The first kappa shape index (κ1) is 16.8. The maximum Gasteiger partial charge on any atom is 0.458 e. The van der Waals surface area contributed by atoms with Crippen molar-refractivity contribution in [1.29, 1.82) is 0 Å². The number of carbonyl (C=O) groups is 2. The molecule has 0 aliphatic rings. The number of amides is 2. The highest BCUT2D eigenvalue weighted by Gasteiger charge is 2.07. The predicted molar refractivity (Wildman–Crippen MR) is 77.5 cm³/mol. The highest BCUT2D eigenvalue weighted by molar-refractivity contribution is 5.74. The van der Waals surface area contributed by atoms with Crippen molar-refractivity contribution in [2.45, 2.75) is 39.5 Å². The third kappa shape index (κ3) is 7.20. The fourth-order valence-corrected chi connectivity index (χ4v) is 1.58. The van der Waals surface area contributed by atoms with Gasteiger partial charge >= 0.3 is 12.2 Å². The summed E-state index contributed by atoms with van der Waals surface area (Å²) in [6.07, 6.45) is 2.15. The average molecular weight is 292 g/mol. The van der Waals surface area contributed by atoms with Gasteiger partial charge in [0.05, 0.1) is 6.61 Å². The molecule has 6 nitrogen and oxygen atoms in total. The first-order chi connectivity index (χ1) is 10.1. The lowest BCUT2D eigenvalue weighted by atomic mass is 10.2. The molecule has 1 rings (SSSR count). The molecule has 0 fully saturated rings. The highest BCUT2D eigenvalue weighted by Crippen LogP contribution is 2.16. The van der Waals surface area contributed by atoms with Crippen LogP contribution in [0.3, 0.4) is 0 Å². The van der Waals surface area contributed by atoms with Gasteiger partial charge < -0.3 is 9.47 Å². The average Bonchev–Trinajstić information content (AvgIpc) is 2.47. The van der Waals surface area contributed by atoms with Gasteiger partial charge in [-0.05, 0) is 25.0 Å². The maximum atomic E-state index is 11.4. The van der Waals surface area contributed by atoms with E-state index < -0.39 is 12.2 Å². The Kier molecular flexibility index (Phi) is 7.71. The van der Waals surface area contributed by atoms with E-state index in [0.717, 1.165) is 31.2 Å². The van der Waals surface area contributed by atoms with Gasteiger partial charge in [-0.3, -0.25) is 0 Å². The Morgan fingerprint density at radius 1 is 1.05 bits per heavy atom. The summed E-state index contributed by atoms with van der Waals surface area (Å²) in [6, 6.07) is 6.99. The molecule has 0 atom stereocenters. The van der Waals surface area contributed by atoms with Gasteiger partial charge in [0.2, 0.25) is 0 Å². The number of unbranched alkanes of at least 4 members (excludes halogenated alkanes) is 3. The second-order valence-corrected chi connectivity index (χ2v) is 4.51. The molecule has 114 valence electrons. The molecule has 0 N–H and O–H groups in total. The molecule has 0 heterocycles. The number of aryl methyl sites for hydroxylation is 1. The molecule has 0 unspecified atom stereocenters. The van der Waals surface area contributed by atoms with Gasteiger partial charge in [-0.15, -0.1) is 0 Å². The Morgan fingerprint density at radius 2 is 1.76 bits per heavy atom. The van der Waals surface area contributed by atoms with Crippen molar-refractivity contribution in [3.63, 3.8) is 0 Å². The van der Waals surface area contributed by atoms with Crippen molar-refractivity contribution in [1.82, 2.24) is 0 Å². The van der Waals surface area contributed by atoms with E-state index in [1.807, 2.05) is 6.07 Å². The van der Waals surface area contributed by atoms with Gasteiger partial charge in [0, 0.05) is 0 Å². The van der Waals surface area contributed by atoms with E-state index in [1.54, 1.807) is 25.1 Å². The minimum atomic E-state index is -0.952. The van der Waals surface area contributed by atoms with Gasteiger partial charge in [-0.1, -0.05) is 54.6 Å². The molecular formula is C15H20N2O4. The topological polar surface area (TPSA) is 77.3 Å². The summed E-state index contributed by atoms with van der Waals surface area (Å²) in [5.74, 6) is 0.384. The summed E-state index contributed by atoms with van der Waals surface area (Å²) < 4.78 is 9.75. The van der Waals surface area contributed by atoms with E-state index in [0.29, 0.717) is 5.75 Å². The highest BCUT2D eigenvalue weighted by atomic mass is 16.6. The normalized spacial score (nSPS) is 10.6. The van der Waals surface area contributed by atoms with E-state index in [9.17, 15) is 9.59 Å². The van der Waals surface area contributed by atoms with E-state index in [-0.39, 0.29) is 6.61 Å². The number of rotatable bonds is 6. The fourth-order valence-electron chi connectivity index (χ4n) is 1.58. The zero-order valence-corrected chi connectivity index (χ0v) is 12.4. The van der Waals surface area contributed by atoms with Crippen LogP contribution in [-0.2, 0) is 4.74 Å². The number of nitrogens with zero attached hydrogens (tertiary/aromatic N) is 2. The van der Waals surface area contributed by atoms with Crippen LogP contribution in [0.25, 0.3) is 0 Å². The molecule has 1 aromatic rings. The van der Waals surface area contributed by atoms with E-state index >= 15 is 0 Å². The summed E-state index contributed by atoms with van der Waals surface area (Å²) in [4.78, 5) is 22.6. The third-order valence-electron chi connectivity index (χ3n) is 2.73. The van der Waals surface area contributed by atoms with Crippen LogP contribution in [0, 0.1) is 6.92 Å². The molecule has 0 saturated carbocycles. The second-order valence-electron chi connectivity index (χ2n) is 4.51. The molecule has 0 aromatic heterocycles. The minimum absolute atomic E-state index is 0.282. The molecule has 0 radical (unpaired) electrons. The molecule has 0 bridgehead atoms. The summed E-state index contributed by atoms with van der Waals surface area (Å²) in [7, 11) is 0. The van der Waals surface area contributed by atoms with Gasteiger partial charge in [-0.25, -0.2) is 9.59 Å². The predicted octanol–water partition coefficient (Wildman–Crippen LogP) is 4.66. The van der Waals surface area contributed by atoms with Crippen LogP contribution in [0.1, 0.15) is 38.2 Å². The Hall–Kier alpha value is -2.24. The zero-order chi connectivity index (χ0) is 15.5. The second kappa shape index (κ2) is 9.63. The van der Waals surface area contributed by atoms with Crippen molar-refractivity contribution in [3.05, 3.63) is 29.8 Å². The monoisotopic (exact) mass is 292 g/mol. The van der Waals surface area contributed by atoms with Crippen LogP contribution in [-0.4, -0.2) is 18.8 Å². The van der Waals surface area contributed by atoms with Gasteiger partial charge in [0.1, 0.15) is 5.75 Å². The first-order valence-electron chi connectivity index (χ1n) is 6.99. The Bertz CT molecular complexity index is 500. The third-order valence-corrected chi connectivity index (χ3v) is 2.73. The molecule has 0 saturated heterocycles. The first-order valence-corrected chi connectivity index (χ1v) is 6.99. The molecular weight excluding hydrogens is 272 g/mol. The number of ether oxygens (including phenoxy) is 2. The summed E-state index contributed by atoms with van der Waals surface area (Å²) in [5, 5.41) is 6.32. The van der Waals surface area contributed by atoms with E-state index in [1.165, 1.54) is 0 Å². The molecule has 0 aliphatic heterocycles. The largest absolute Gasteiger partial charge is 0.458 e. The summed E-state index contributed by atoms with van der Waals surface area (Å²) in [5.41, 5.74) is 0.791. The number of para-hydroxylation sites is 1. The Morgan fingerprint density at radius 3 is 2.48 bits per heavy atom.